The van der Waals surface area contributed by atoms with Gasteiger partial charge >= 0.3 is 0 Å². The first-order chi connectivity index (χ1) is 6.22. The first-order valence-corrected chi connectivity index (χ1v) is 6.18. The summed E-state index contributed by atoms with van der Waals surface area (Å²) in [4.78, 5) is 10.7. The second kappa shape index (κ2) is 4.91. The Morgan fingerprint density at radius 2 is 1.79 bits per heavy atom. The second-order valence-corrected chi connectivity index (χ2v) is 7.51. The molecular formula is C8H20N3O2P. The number of primary amides is 1. The van der Waals surface area contributed by atoms with Crippen molar-refractivity contribution in [2.45, 2.75) is 19.5 Å². The Bertz CT molecular complexity index is 241. The molecule has 0 radical (unpaired) electrons. The molecule has 0 bridgehead atoms. The highest BCUT2D eigenvalue weighted by molar-refractivity contribution is 7.59. The minimum absolute atomic E-state index is 0.0215. The zero-order valence-corrected chi connectivity index (χ0v) is 10.4. The van der Waals surface area contributed by atoms with E-state index in [4.69, 9.17) is 5.73 Å². The summed E-state index contributed by atoms with van der Waals surface area (Å²) in [5.41, 5.74) is 5.04. The Labute approximate surface area is 85.7 Å². The van der Waals surface area contributed by atoms with Crippen molar-refractivity contribution in [2.24, 2.45) is 5.73 Å². The van der Waals surface area contributed by atoms with Crippen molar-refractivity contribution < 1.29 is 9.36 Å². The molecule has 0 rings (SSSR count). The van der Waals surface area contributed by atoms with E-state index >= 15 is 0 Å². The minimum Gasteiger partial charge on any atom is -0.369 e. The quantitative estimate of drug-likeness (QED) is 0.689. The highest BCUT2D eigenvalue weighted by Crippen LogP contribution is 2.54. The van der Waals surface area contributed by atoms with E-state index in [1.807, 2.05) is 13.8 Å². The summed E-state index contributed by atoms with van der Waals surface area (Å²) in [5.74, 6) is -0.463. The van der Waals surface area contributed by atoms with E-state index < -0.39 is 13.4 Å². The van der Waals surface area contributed by atoms with Gasteiger partial charge in [0.15, 0.2) is 0 Å². The fourth-order valence-corrected chi connectivity index (χ4v) is 4.15. The molecule has 0 aliphatic rings. The van der Waals surface area contributed by atoms with Crippen LogP contribution < -0.4 is 5.73 Å². The average Bonchev–Trinajstić information content (AvgIpc) is 2.00. The van der Waals surface area contributed by atoms with Crippen LogP contribution in [0.3, 0.4) is 0 Å². The van der Waals surface area contributed by atoms with Gasteiger partial charge in [0.1, 0.15) is 0 Å². The topological polar surface area (TPSA) is 66.6 Å². The highest BCUT2D eigenvalue weighted by Gasteiger charge is 2.34. The lowest BCUT2D eigenvalue weighted by atomic mass is 10.6. The zero-order valence-electron chi connectivity index (χ0n) is 9.52. The van der Waals surface area contributed by atoms with Crippen LogP contribution in [0.15, 0.2) is 0 Å². The molecule has 6 heteroatoms. The van der Waals surface area contributed by atoms with Gasteiger partial charge in [-0.3, -0.25) is 9.36 Å². The molecule has 14 heavy (non-hydrogen) atoms. The largest absolute Gasteiger partial charge is 0.369 e. The maximum Gasteiger partial charge on any atom is 0.232 e. The van der Waals surface area contributed by atoms with Crippen molar-refractivity contribution in [3.05, 3.63) is 0 Å². The fraction of sp³-hybridized carbons (Fsp3) is 0.875. The zero-order chi connectivity index (χ0) is 11.5. The lowest BCUT2D eigenvalue weighted by Gasteiger charge is -2.35. The van der Waals surface area contributed by atoms with E-state index in [-0.39, 0.29) is 12.2 Å². The highest BCUT2D eigenvalue weighted by atomic mass is 31.2. The molecule has 0 aliphatic heterocycles. The molecule has 1 unspecified atom stereocenters. The van der Waals surface area contributed by atoms with Crippen LogP contribution in [-0.2, 0) is 9.36 Å². The van der Waals surface area contributed by atoms with E-state index in [0.717, 1.165) is 0 Å². The van der Waals surface area contributed by atoms with Crippen LogP contribution in [0.2, 0.25) is 0 Å². The molecule has 5 nitrogen and oxygen atoms in total. The van der Waals surface area contributed by atoms with Crippen LogP contribution in [-0.4, -0.2) is 48.6 Å². The molecule has 0 aromatic carbocycles. The van der Waals surface area contributed by atoms with Gasteiger partial charge in [-0.15, -0.1) is 0 Å². The van der Waals surface area contributed by atoms with Crippen LogP contribution in [0.4, 0.5) is 0 Å². The molecule has 84 valence electrons. The van der Waals surface area contributed by atoms with Crippen LogP contribution >= 0.6 is 7.44 Å². The van der Waals surface area contributed by atoms with Crippen LogP contribution in [0.1, 0.15) is 13.8 Å². The minimum atomic E-state index is -2.64. The van der Waals surface area contributed by atoms with Crippen molar-refractivity contribution in [1.82, 2.24) is 9.34 Å². The van der Waals surface area contributed by atoms with Gasteiger partial charge in [-0.25, -0.2) is 9.34 Å². The molecule has 2 N–H and O–H groups in total. The third kappa shape index (κ3) is 2.80. The predicted molar refractivity (Wildman–Crippen MR) is 58.3 cm³/mol. The lowest BCUT2D eigenvalue weighted by molar-refractivity contribution is -0.118. The summed E-state index contributed by atoms with van der Waals surface area (Å²) < 4.78 is 15.7. The average molecular weight is 221 g/mol. The van der Waals surface area contributed by atoms with Gasteiger partial charge in [-0.1, -0.05) is 13.8 Å². The second-order valence-electron chi connectivity index (χ2n) is 3.81. The monoisotopic (exact) mass is 221 g/mol. The van der Waals surface area contributed by atoms with Crippen molar-refractivity contribution in [3.63, 3.8) is 0 Å². The first kappa shape index (κ1) is 13.6. The Hall–Kier alpha value is -0.380. The fourth-order valence-electron chi connectivity index (χ4n) is 1.49. The number of carbonyl (C=O) groups is 1. The van der Waals surface area contributed by atoms with Crippen LogP contribution in [0.25, 0.3) is 0 Å². The summed E-state index contributed by atoms with van der Waals surface area (Å²) in [6, 6.07) is 0. The summed E-state index contributed by atoms with van der Waals surface area (Å²) in [7, 11) is 2.51. The molecule has 0 spiro atoms. The summed E-state index contributed by atoms with van der Waals surface area (Å²) in [5, 5.41) is 0. The molecule has 0 fully saturated rings. The predicted octanol–water partition coefficient (Wildman–Crippen LogP) is 0.567. The number of rotatable bonds is 5. The Morgan fingerprint density at radius 1 is 1.36 bits per heavy atom. The third-order valence-electron chi connectivity index (χ3n) is 2.12. The number of likely N-dealkylation sites (N-methyl/N-ethyl adjacent to an activating group) is 1. The number of nitrogens with zero attached hydrogens (tertiary/aromatic N) is 2. The maximum absolute atomic E-state index is 12.5. The smallest absolute Gasteiger partial charge is 0.232 e. The molecule has 0 aliphatic carbocycles. The van der Waals surface area contributed by atoms with E-state index in [2.05, 4.69) is 0 Å². The first-order valence-electron chi connectivity index (χ1n) is 4.50. The van der Waals surface area contributed by atoms with Gasteiger partial charge in [-0.05, 0) is 21.1 Å². The molecule has 1 atom stereocenters. The summed E-state index contributed by atoms with van der Waals surface area (Å²) in [6.45, 7) is 3.77. The molecule has 0 aromatic rings. The Kier molecular flexibility index (Phi) is 4.78. The number of hydrogen-bond donors (Lipinski definition) is 1. The molecule has 0 heterocycles. The lowest BCUT2D eigenvalue weighted by Crippen LogP contribution is -2.35. The van der Waals surface area contributed by atoms with E-state index in [1.54, 1.807) is 30.5 Å². The Morgan fingerprint density at radius 3 is 2.00 bits per heavy atom. The summed E-state index contributed by atoms with van der Waals surface area (Å²) in [6.07, 6.45) is 0. The number of carbonyl (C=O) groups excluding carboxylic acids is 1. The van der Waals surface area contributed by atoms with Crippen molar-refractivity contribution in [3.8, 4) is 0 Å². The maximum atomic E-state index is 12.5. The molecular weight excluding hydrogens is 201 g/mol. The summed E-state index contributed by atoms with van der Waals surface area (Å²) >= 11 is 0. The Balaban J connectivity index is 4.84. The van der Waals surface area contributed by atoms with Crippen LogP contribution in [0, 0.1) is 0 Å². The van der Waals surface area contributed by atoms with Gasteiger partial charge in [0.2, 0.25) is 13.4 Å². The molecule has 0 saturated heterocycles. The third-order valence-corrected chi connectivity index (χ3v) is 5.73. The van der Waals surface area contributed by atoms with Gasteiger partial charge in [-0.2, -0.15) is 0 Å². The van der Waals surface area contributed by atoms with Crippen LogP contribution in [0.5, 0.6) is 0 Å². The van der Waals surface area contributed by atoms with E-state index in [1.165, 1.54) is 0 Å². The molecule has 0 aromatic heterocycles. The SMILES string of the molecule is CC(C)P(=O)(N(C)C)N(C)CC(N)=O. The van der Waals surface area contributed by atoms with Crippen molar-refractivity contribution >= 4 is 13.4 Å². The van der Waals surface area contributed by atoms with E-state index in [0.29, 0.717) is 0 Å². The number of hydrogen-bond acceptors (Lipinski definition) is 2. The normalized spacial score (nSPS) is 16.3. The van der Waals surface area contributed by atoms with Crippen molar-refractivity contribution in [2.75, 3.05) is 27.7 Å². The number of amides is 1. The molecule has 0 saturated carbocycles. The van der Waals surface area contributed by atoms with Gasteiger partial charge in [0, 0.05) is 5.66 Å². The van der Waals surface area contributed by atoms with E-state index in [9.17, 15) is 9.36 Å². The number of nitrogens with two attached hydrogens (primary N) is 1. The molecule has 1 amide bonds. The van der Waals surface area contributed by atoms with Crippen molar-refractivity contribution in [1.29, 1.82) is 0 Å². The standard InChI is InChI=1S/C8H20N3O2P/c1-7(2)14(13,10(3)4)11(5)6-8(9)12/h7H,6H2,1-5H3,(H2,9,12). The van der Waals surface area contributed by atoms with Gasteiger partial charge < -0.3 is 5.73 Å². The van der Waals surface area contributed by atoms with Gasteiger partial charge in [0.25, 0.3) is 0 Å². The van der Waals surface area contributed by atoms with Gasteiger partial charge in [0.05, 0.1) is 6.54 Å².